The van der Waals surface area contributed by atoms with Crippen LogP contribution in [0.25, 0.3) is 5.82 Å². The minimum atomic E-state index is -0.280. The molecule has 1 atom stereocenters. The first-order chi connectivity index (χ1) is 14.9. The van der Waals surface area contributed by atoms with Crippen molar-refractivity contribution in [2.24, 2.45) is 4.99 Å². The van der Waals surface area contributed by atoms with Crippen LogP contribution >= 0.6 is 24.0 Å². The summed E-state index contributed by atoms with van der Waals surface area (Å²) in [5, 5.41) is 11.0. The molecule has 2 heterocycles. The summed E-state index contributed by atoms with van der Waals surface area (Å²) in [6, 6.07) is 12.0. The van der Waals surface area contributed by atoms with Gasteiger partial charge in [-0.3, -0.25) is 0 Å². The molecule has 2 aromatic heterocycles. The Kier molecular flexibility index (Phi) is 9.89. The van der Waals surface area contributed by atoms with Crippen molar-refractivity contribution in [2.45, 2.75) is 40.3 Å². The first-order valence-corrected chi connectivity index (χ1v) is 10.4. The van der Waals surface area contributed by atoms with Crippen LogP contribution in [0.2, 0.25) is 0 Å². The van der Waals surface area contributed by atoms with E-state index in [-0.39, 0.29) is 35.9 Å². The molecule has 0 saturated carbocycles. The number of aliphatic imine (C=N–C) groups is 1. The number of benzene rings is 1. The van der Waals surface area contributed by atoms with Crippen molar-refractivity contribution >= 4 is 29.9 Å². The molecule has 0 fully saturated rings. The van der Waals surface area contributed by atoms with E-state index in [0.29, 0.717) is 24.8 Å². The standard InChI is InChI=1S/C23H29FN6O.HI/c1-5-25-23(27-13-18(4)31-21-9-7-20(24)8-10-21)28-15-19-6-11-22(26-14-19)30-17(3)12-16(2)29-30;/h6-12,14,18H,5,13,15H2,1-4H3,(H2,25,27,28);1H. The molecule has 3 rings (SSSR count). The normalized spacial score (nSPS) is 12.1. The highest BCUT2D eigenvalue weighted by Crippen LogP contribution is 2.13. The third-order valence-electron chi connectivity index (χ3n) is 4.51. The fraction of sp³-hybridized carbons (Fsp3) is 0.348. The average Bonchev–Trinajstić information content (AvgIpc) is 3.10. The summed E-state index contributed by atoms with van der Waals surface area (Å²) in [5.74, 6) is 1.83. The van der Waals surface area contributed by atoms with Crippen LogP contribution in [0.15, 0.2) is 53.7 Å². The Morgan fingerprint density at radius 2 is 1.91 bits per heavy atom. The van der Waals surface area contributed by atoms with Gasteiger partial charge in [0.15, 0.2) is 11.8 Å². The van der Waals surface area contributed by atoms with Gasteiger partial charge in [0.05, 0.1) is 18.8 Å². The van der Waals surface area contributed by atoms with Crippen molar-refractivity contribution < 1.29 is 9.13 Å². The second-order valence-corrected chi connectivity index (χ2v) is 7.32. The zero-order valence-corrected chi connectivity index (χ0v) is 21.1. The highest BCUT2D eigenvalue weighted by molar-refractivity contribution is 14.0. The monoisotopic (exact) mass is 552 g/mol. The van der Waals surface area contributed by atoms with E-state index < -0.39 is 0 Å². The van der Waals surface area contributed by atoms with Crippen molar-refractivity contribution in [3.63, 3.8) is 0 Å². The van der Waals surface area contributed by atoms with E-state index in [1.54, 1.807) is 12.1 Å². The molecule has 0 spiro atoms. The summed E-state index contributed by atoms with van der Waals surface area (Å²) in [4.78, 5) is 9.14. The van der Waals surface area contributed by atoms with Crippen LogP contribution in [0.5, 0.6) is 5.75 Å². The van der Waals surface area contributed by atoms with Crippen LogP contribution in [0.3, 0.4) is 0 Å². The zero-order chi connectivity index (χ0) is 22.2. The van der Waals surface area contributed by atoms with Gasteiger partial charge in [0.25, 0.3) is 0 Å². The molecule has 0 bridgehead atoms. The number of guanidine groups is 1. The Morgan fingerprint density at radius 3 is 2.50 bits per heavy atom. The highest BCUT2D eigenvalue weighted by Gasteiger charge is 2.07. The third-order valence-corrected chi connectivity index (χ3v) is 4.51. The van der Waals surface area contributed by atoms with Gasteiger partial charge in [-0.05, 0) is 69.7 Å². The number of hydrogen-bond acceptors (Lipinski definition) is 4. The number of aromatic nitrogens is 3. The summed E-state index contributed by atoms with van der Waals surface area (Å²) in [7, 11) is 0. The van der Waals surface area contributed by atoms with Gasteiger partial charge in [-0.2, -0.15) is 5.10 Å². The first kappa shape index (κ1) is 25.6. The SMILES string of the molecule is CCNC(=NCc1ccc(-n2nc(C)cc2C)nc1)NCC(C)Oc1ccc(F)cc1.I. The maximum Gasteiger partial charge on any atom is 0.191 e. The molecular formula is C23H30FIN6O. The van der Waals surface area contributed by atoms with Crippen LogP contribution in [0.1, 0.15) is 30.8 Å². The smallest absolute Gasteiger partial charge is 0.191 e. The second kappa shape index (κ2) is 12.4. The highest BCUT2D eigenvalue weighted by atomic mass is 127. The maximum atomic E-state index is 13.0. The van der Waals surface area contributed by atoms with Crippen molar-refractivity contribution in [1.82, 2.24) is 25.4 Å². The Morgan fingerprint density at radius 1 is 1.16 bits per heavy atom. The molecule has 0 aliphatic heterocycles. The molecule has 0 saturated heterocycles. The minimum Gasteiger partial charge on any atom is -0.489 e. The number of pyridine rings is 1. The Labute approximate surface area is 205 Å². The van der Waals surface area contributed by atoms with E-state index >= 15 is 0 Å². The van der Waals surface area contributed by atoms with Crippen molar-refractivity contribution in [2.75, 3.05) is 13.1 Å². The molecule has 172 valence electrons. The van der Waals surface area contributed by atoms with E-state index in [1.165, 1.54) is 12.1 Å². The second-order valence-electron chi connectivity index (χ2n) is 7.32. The average molecular weight is 552 g/mol. The molecule has 32 heavy (non-hydrogen) atoms. The van der Waals surface area contributed by atoms with Gasteiger partial charge in [0.2, 0.25) is 0 Å². The molecular weight excluding hydrogens is 522 g/mol. The molecule has 0 radical (unpaired) electrons. The van der Waals surface area contributed by atoms with Gasteiger partial charge in [-0.25, -0.2) is 19.0 Å². The zero-order valence-electron chi connectivity index (χ0n) is 18.8. The van der Waals surface area contributed by atoms with Crippen LogP contribution in [0.4, 0.5) is 4.39 Å². The molecule has 1 aromatic carbocycles. The summed E-state index contributed by atoms with van der Waals surface area (Å²) in [5.41, 5.74) is 3.01. The van der Waals surface area contributed by atoms with Gasteiger partial charge < -0.3 is 15.4 Å². The number of nitrogens with zero attached hydrogens (tertiary/aromatic N) is 4. The molecule has 0 aliphatic rings. The lowest BCUT2D eigenvalue weighted by Gasteiger charge is -2.17. The molecule has 0 aliphatic carbocycles. The molecule has 1 unspecified atom stereocenters. The van der Waals surface area contributed by atoms with E-state index in [9.17, 15) is 4.39 Å². The Balaban J connectivity index is 0.00000363. The van der Waals surface area contributed by atoms with Gasteiger partial charge in [0.1, 0.15) is 17.7 Å². The Bertz CT molecular complexity index is 1000. The number of rotatable bonds is 8. The fourth-order valence-corrected chi connectivity index (χ4v) is 3.04. The van der Waals surface area contributed by atoms with Crippen molar-refractivity contribution in [3.05, 3.63) is 71.4 Å². The number of aryl methyl sites for hydroxylation is 2. The molecule has 2 N–H and O–H groups in total. The lowest BCUT2D eigenvalue weighted by atomic mass is 10.3. The minimum absolute atomic E-state index is 0. The number of nitrogens with one attached hydrogen (secondary N) is 2. The number of ether oxygens (including phenoxy) is 1. The van der Waals surface area contributed by atoms with Crippen molar-refractivity contribution in [3.8, 4) is 11.6 Å². The predicted molar refractivity (Wildman–Crippen MR) is 136 cm³/mol. The Hall–Kier alpha value is -2.69. The van der Waals surface area contributed by atoms with Gasteiger partial charge in [-0.1, -0.05) is 6.07 Å². The summed E-state index contributed by atoms with van der Waals surface area (Å²) >= 11 is 0. The lowest BCUT2D eigenvalue weighted by Crippen LogP contribution is -2.41. The maximum absolute atomic E-state index is 13.0. The summed E-state index contributed by atoms with van der Waals surface area (Å²) in [6.07, 6.45) is 1.70. The fourth-order valence-electron chi connectivity index (χ4n) is 3.04. The van der Waals surface area contributed by atoms with Gasteiger partial charge >= 0.3 is 0 Å². The molecule has 9 heteroatoms. The topological polar surface area (TPSA) is 76.4 Å². The van der Waals surface area contributed by atoms with Crippen LogP contribution in [0, 0.1) is 19.7 Å². The lowest BCUT2D eigenvalue weighted by molar-refractivity contribution is 0.223. The van der Waals surface area contributed by atoms with Crippen LogP contribution < -0.4 is 15.4 Å². The molecule has 3 aromatic rings. The van der Waals surface area contributed by atoms with Crippen molar-refractivity contribution in [1.29, 1.82) is 0 Å². The van der Waals surface area contributed by atoms with E-state index in [4.69, 9.17) is 4.74 Å². The van der Waals surface area contributed by atoms with Crippen LogP contribution in [-0.4, -0.2) is 39.9 Å². The van der Waals surface area contributed by atoms with E-state index in [1.807, 2.05) is 56.8 Å². The third kappa shape index (κ3) is 7.47. The van der Waals surface area contributed by atoms with Gasteiger partial charge in [-0.15, -0.1) is 24.0 Å². The quantitative estimate of drug-likeness (QED) is 0.250. The molecule has 0 amide bonds. The van der Waals surface area contributed by atoms with E-state index in [2.05, 4.69) is 25.7 Å². The van der Waals surface area contributed by atoms with Crippen LogP contribution in [-0.2, 0) is 6.54 Å². The summed E-state index contributed by atoms with van der Waals surface area (Å²) in [6.45, 7) is 9.73. The number of hydrogen-bond donors (Lipinski definition) is 2. The first-order valence-electron chi connectivity index (χ1n) is 10.4. The predicted octanol–water partition coefficient (Wildman–Crippen LogP) is 4.16. The largest absolute Gasteiger partial charge is 0.489 e. The molecule has 7 nitrogen and oxygen atoms in total. The van der Waals surface area contributed by atoms with E-state index in [0.717, 1.165) is 29.3 Å². The summed E-state index contributed by atoms with van der Waals surface area (Å²) < 4.78 is 20.6. The van der Waals surface area contributed by atoms with Gasteiger partial charge in [0, 0.05) is 18.4 Å². The number of halogens is 2.